The SMILES string of the molecule is NC=C1N=C(c2ccccc2)c2ccccc2NC1=O. The summed E-state index contributed by atoms with van der Waals surface area (Å²) in [7, 11) is 0. The Morgan fingerprint density at radius 3 is 2.45 bits per heavy atom. The van der Waals surface area contributed by atoms with E-state index in [0.29, 0.717) is 0 Å². The van der Waals surface area contributed by atoms with Crippen molar-refractivity contribution in [3.8, 4) is 0 Å². The quantitative estimate of drug-likeness (QED) is 0.775. The number of carbonyl (C=O) groups is 1. The molecule has 4 heteroatoms. The molecule has 1 amide bonds. The van der Waals surface area contributed by atoms with E-state index in [-0.39, 0.29) is 11.6 Å². The molecular formula is C16H13N3O. The fraction of sp³-hybridized carbons (Fsp3) is 0. The van der Waals surface area contributed by atoms with Gasteiger partial charge in [-0.1, -0.05) is 48.5 Å². The van der Waals surface area contributed by atoms with Crippen LogP contribution >= 0.6 is 0 Å². The minimum absolute atomic E-state index is 0.208. The number of rotatable bonds is 1. The molecule has 1 aliphatic rings. The molecular weight excluding hydrogens is 250 g/mol. The molecule has 0 atom stereocenters. The first kappa shape index (κ1) is 12.2. The number of hydrogen-bond donors (Lipinski definition) is 2. The number of benzodiazepines with no additional fused rings is 1. The molecule has 3 N–H and O–H groups in total. The van der Waals surface area contributed by atoms with Crippen LogP contribution in [0.25, 0.3) is 0 Å². The highest BCUT2D eigenvalue weighted by atomic mass is 16.2. The highest BCUT2D eigenvalue weighted by molar-refractivity contribution is 6.21. The predicted octanol–water partition coefficient (Wildman–Crippen LogP) is 2.28. The van der Waals surface area contributed by atoms with Gasteiger partial charge in [-0.15, -0.1) is 0 Å². The number of amides is 1. The number of nitrogens with zero attached hydrogens (tertiary/aromatic N) is 1. The lowest BCUT2D eigenvalue weighted by molar-refractivity contribution is -0.112. The van der Waals surface area contributed by atoms with Gasteiger partial charge in [0.2, 0.25) is 0 Å². The topological polar surface area (TPSA) is 67.5 Å². The smallest absolute Gasteiger partial charge is 0.275 e. The summed E-state index contributed by atoms with van der Waals surface area (Å²) >= 11 is 0. The van der Waals surface area contributed by atoms with Gasteiger partial charge < -0.3 is 11.1 Å². The van der Waals surface area contributed by atoms with Gasteiger partial charge >= 0.3 is 0 Å². The molecule has 98 valence electrons. The molecule has 0 bridgehead atoms. The van der Waals surface area contributed by atoms with Crippen molar-refractivity contribution in [1.82, 2.24) is 0 Å². The number of fused-ring (bicyclic) bond motifs is 1. The van der Waals surface area contributed by atoms with Gasteiger partial charge in [-0.05, 0) is 6.07 Å². The number of benzene rings is 2. The van der Waals surface area contributed by atoms with Crippen LogP contribution in [0.5, 0.6) is 0 Å². The zero-order valence-electron chi connectivity index (χ0n) is 10.7. The molecule has 0 saturated heterocycles. The Hall–Kier alpha value is -2.88. The van der Waals surface area contributed by atoms with Gasteiger partial charge in [0.05, 0.1) is 11.4 Å². The van der Waals surface area contributed by atoms with Crippen LogP contribution in [-0.4, -0.2) is 11.6 Å². The minimum atomic E-state index is -0.300. The van der Waals surface area contributed by atoms with Gasteiger partial charge in [0.1, 0.15) is 5.70 Å². The first-order chi connectivity index (χ1) is 9.79. The van der Waals surface area contributed by atoms with Crippen molar-refractivity contribution in [2.24, 2.45) is 10.7 Å². The number of nitrogens with one attached hydrogen (secondary N) is 1. The standard InChI is InChI=1S/C16H13N3O/c17-10-14-16(20)19-13-9-5-4-8-12(13)15(18-14)11-6-2-1-3-7-11/h1-10H,17H2,(H,19,20). The van der Waals surface area contributed by atoms with E-state index >= 15 is 0 Å². The molecule has 0 aliphatic carbocycles. The predicted molar refractivity (Wildman–Crippen MR) is 79.4 cm³/mol. The molecule has 0 spiro atoms. The first-order valence-electron chi connectivity index (χ1n) is 6.26. The molecule has 0 unspecified atom stereocenters. The molecule has 0 aromatic heterocycles. The third-order valence-electron chi connectivity index (χ3n) is 3.10. The molecule has 0 fully saturated rings. The van der Waals surface area contributed by atoms with Crippen LogP contribution in [0.15, 0.2) is 71.5 Å². The van der Waals surface area contributed by atoms with Crippen LogP contribution in [0.1, 0.15) is 11.1 Å². The zero-order valence-corrected chi connectivity index (χ0v) is 10.7. The number of hydrogen-bond acceptors (Lipinski definition) is 3. The van der Waals surface area contributed by atoms with E-state index in [0.717, 1.165) is 22.5 Å². The average Bonchev–Trinajstić information content (AvgIpc) is 2.64. The second-order valence-electron chi connectivity index (χ2n) is 4.38. The number of nitrogens with two attached hydrogens (primary N) is 1. The molecule has 0 radical (unpaired) electrons. The van der Waals surface area contributed by atoms with Crippen molar-refractivity contribution >= 4 is 17.3 Å². The third-order valence-corrected chi connectivity index (χ3v) is 3.10. The van der Waals surface area contributed by atoms with E-state index in [9.17, 15) is 4.79 Å². The number of para-hydroxylation sites is 1. The third kappa shape index (κ3) is 2.07. The lowest BCUT2D eigenvalue weighted by atomic mass is 10.0. The summed E-state index contributed by atoms with van der Waals surface area (Å²) in [4.78, 5) is 16.4. The number of aliphatic imine (C=N–C) groups is 1. The molecule has 0 saturated carbocycles. The van der Waals surface area contributed by atoms with E-state index in [1.807, 2.05) is 54.6 Å². The Morgan fingerprint density at radius 2 is 1.70 bits per heavy atom. The number of anilines is 1. The van der Waals surface area contributed by atoms with Crippen LogP contribution in [0.2, 0.25) is 0 Å². The second-order valence-corrected chi connectivity index (χ2v) is 4.38. The average molecular weight is 263 g/mol. The van der Waals surface area contributed by atoms with Gasteiger partial charge in [-0.25, -0.2) is 4.99 Å². The van der Waals surface area contributed by atoms with Crippen molar-refractivity contribution in [2.45, 2.75) is 0 Å². The summed E-state index contributed by atoms with van der Waals surface area (Å²) in [6, 6.07) is 17.3. The van der Waals surface area contributed by atoms with Crippen LogP contribution in [0, 0.1) is 0 Å². The Morgan fingerprint density at radius 1 is 1.00 bits per heavy atom. The largest absolute Gasteiger partial charge is 0.403 e. The highest BCUT2D eigenvalue weighted by Crippen LogP contribution is 2.24. The van der Waals surface area contributed by atoms with Gasteiger partial charge in [0, 0.05) is 17.3 Å². The summed E-state index contributed by atoms with van der Waals surface area (Å²) in [6.45, 7) is 0. The Labute approximate surface area is 116 Å². The van der Waals surface area contributed by atoms with Crippen molar-refractivity contribution in [2.75, 3.05) is 5.32 Å². The van der Waals surface area contributed by atoms with E-state index in [1.165, 1.54) is 6.20 Å². The lowest BCUT2D eigenvalue weighted by Crippen LogP contribution is -2.13. The van der Waals surface area contributed by atoms with Gasteiger partial charge in [0.15, 0.2) is 0 Å². The monoisotopic (exact) mass is 263 g/mol. The van der Waals surface area contributed by atoms with E-state index in [4.69, 9.17) is 5.73 Å². The fourth-order valence-electron chi connectivity index (χ4n) is 2.15. The maximum absolute atomic E-state index is 12.0. The molecule has 2 aromatic carbocycles. The Kier molecular flexibility index (Phi) is 3.05. The first-order valence-corrected chi connectivity index (χ1v) is 6.26. The van der Waals surface area contributed by atoms with Crippen molar-refractivity contribution in [1.29, 1.82) is 0 Å². The molecule has 2 aromatic rings. The van der Waals surface area contributed by atoms with E-state index in [2.05, 4.69) is 10.3 Å². The van der Waals surface area contributed by atoms with Gasteiger partial charge in [-0.3, -0.25) is 4.79 Å². The van der Waals surface area contributed by atoms with E-state index in [1.54, 1.807) is 0 Å². The summed E-state index contributed by atoms with van der Waals surface area (Å²) < 4.78 is 0. The summed E-state index contributed by atoms with van der Waals surface area (Å²) in [6.07, 6.45) is 1.23. The summed E-state index contributed by atoms with van der Waals surface area (Å²) in [5.41, 5.74) is 9.00. The van der Waals surface area contributed by atoms with Crippen molar-refractivity contribution in [3.05, 3.63) is 77.6 Å². The van der Waals surface area contributed by atoms with Crippen LogP contribution in [-0.2, 0) is 4.79 Å². The second kappa shape index (κ2) is 5.01. The molecule has 3 rings (SSSR count). The Bertz CT molecular complexity index is 718. The molecule has 1 heterocycles. The molecule has 1 aliphatic heterocycles. The van der Waals surface area contributed by atoms with Crippen LogP contribution < -0.4 is 11.1 Å². The Balaban J connectivity index is 2.25. The zero-order chi connectivity index (χ0) is 13.9. The minimum Gasteiger partial charge on any atom is -0.403 e. The highest BCUT2D eigenvalue weighted by Gasteiger charge is 2.20. The van der Waals surface area contributed by atoms with Crippen LogP contribution in [0.3, 0.4) is 0 Å². The normalized spacial score (nSPS) is 16.1. The summed E-state index contributed by atoms with van der Waals surface area (Å²) in [5.74, 6) is -0.300. The van der Waals surface area contributed by atoms with Gasteiger partial charge in [-0.2, -0.15) is 0 Å². The maximum Gasteiger partial charge on any atom is 0.275 e. The molecule has 20 heavy (non-hydrogen) atoms. The van der Waals surface area contributed by atoms with Gasteiger partial charge in [0.25, 0.3) is 5.91 Å². The van der Waals surface area contributed by atoms with Crippen molar-refractivity contribution in [3.63, 3.8) is 0 Å². The van der Waals surface area contributed by atoms with Crippen molar-refractivity contribution < 1.29 is 4.79 Å². The lowest BCUT2D eigenvalue weighted by Gasteiger charge is -2.08. The summed E-state index contributed by atoms with van der Waals surface area (Å²) in [5, 5.41) is 2.82. The number of carbonyl (C=O) groups excluding carboxylic acids is 1. The van der Waals surface area contributed by atoms with Crippen LogP contribution in [0.4, 0.5) is 5.69 Å². The van der Waals surface area contributed by atoms with E-state index < -0.39 is 0 Å². The fourth-order valence-corrected chi connectivity index (χ4v) is 2.15. The maximum atomic E-state index is 12.0. The molecule has 4 nitrogen and oxygen atoms in total.